The van der Waals surface area contributed by atoms with Crippen LogP contribution in [-0.2, 0) is 6.54 Å². The van der Waals surface area contributed by atoms with Crippen LogP contribution in [0, 0.1) is 0 Å². The first-order valence-electron chi connectivity index (χ1n) is 6.80. The van der Waals surface area contributed by atoms with Gasteiger partial charge in [0.1, 0.15) is 0 Å². The second-order valence-electron chi connectivity index (χ2n) is 4.72. The summed E-state index contributed by atoms with van der Waals surface area (Å²) in [5, 5.41) is 3.40. The molecular formula is C18H20N2. The highest BCUT2D eigenvalue weighted by Gasteiger charge is 1.95. The first-order chi connectivity index (χ1) is 9.75. The molecule has 2 aromatic rings. The van der Waals surface area contributed by atoms with E-state index in [4.69, 9.17) is 0 Å². The van der Waals surface area contributed by atoms with Crippen molar-refractivity contribution in [2.75, 3.05) is 0 Å². The van der Waals surface area contributed by atoms with Crippen LogP contribution in [0.15, 0.2) is 77.1 Å². The molecule has 102 valence electrons. The van der Waals surface area contributed by atoms with Gasteiger partial charge in [0.2, 0.25) is 0 Å². The lowest BCUT2D eigenvalue weighted by atomic mass is 10.2. The van der Waals surface area contributed by atoms with E-state index in [1.165, 1.54) is 5.56 Å². The highest BCUT2D eigenvalue weighted by molar-refractivity contribution is 5.80. The van der Waals surface area contributed by atoms with Gasteiger partial charge in [0, 0.05) is 18.5 Å². The number of aliphatic imine (C=N–C) groups is 1. The van der Waals surface area contributed by atoms with Crippen molar-refractivity contribution < 1.29 is 0 Å². The molecule has 0 radical (unpaired) electrons. The number of rotatable bonds is 5. The van der Waals surface area contributed by atoms with Crippen molar-refractivity contribution in [2.45, 2.75) is 20.4 Å². The highest BCUT2D eigenvalue weighted by atomic mass is 14.9. The van der Waals surface area contributed by atoms with Crippen molar-refractivity contribution in [3.63, 3.8) is 0 Å². The maximum absolute atomic E-state index is 4.50. The van der Waals surface area contributed by atoms with Crippen LogP contribution >= 0.6 is 0 Å². The fourth-order valence-corrected chi connectivity index (χ4v) is 1.77. The van der Waals surface area contributed by atoms with Gasteiger partial charge >= 0.3 is 0 Å². The Labute approximate surface area is 120 Å². The summed E-state index contributed by atoms with van der Waals surface area (Å²) >= 11 is 0. The van der Waals surface area contributed by atoms with E-state index in [1.54, 1.807) is 0 Å². The van der Waals surface area contributed by atoms with Crippen molar-refractivity contribution in [3.8, 4) is 0 Å². The average molecular weight is 264 g/mol. The van der Waals surface area contributed by atoms with E-state index in [0.29, 0.717) is 0 Å². The van der Waals surface area contributed by atoms with Crippen LogP contribution in [-0.4, -0.2) is 6.21 Å². The molecule has 2 rings (SSSR count). The third kappa shape index (κ3) is 4.39. The molecule has 0 aromatic heterocycles. The van der Waals surface area contributed by atoms with Crippen LogP contribution in [0.5, 0.6) is 0 Å². The molecule has 0 atom stereocenters. The first-order valence-corrected chi connectivity index (χ1v) is 6.80. The molecule has 0 aliphatic carbocycles. The van der Waals surface area contributed by atoms with Gasteiger partial charge in [-0.2, -0.15) is 0 Å². The lowest BCUT2D eigenvalue weighted by Crippen LogP contribution is -2.11. The second kappa shape index (κ2) is 7.29. The molecule has 0 saturated heterocycles. The molecule has 0 aliphatic rings. The normalized spacial score (nSPS) is 12.3. The topological polar surface area (TPSA) is 24.4 Å². The Hall–Kier alpha value is -2.35. The zero-order valence-corrected chi connectivity index (χ0v) is 12.0. The first kappa shape index (κ1) is 14.1. The Morgan fingerprint density at radius 2 is 1.55 bits per heavy atom. The van der Waals surface area contributed by atoms with Gasteiger partial charge in [0.05, 0.1) is 5.70 Å². The van der Waals surface area contributed by atoms with E-state index in [2.05, 4.69) is 41.5 Å². The van der Waals surface area contributed by atoms with Crippen molar-refractivity contribution in [1.82, 2.24) is 5.32 Å². The average Bonchev–Trinajstić information content (AvgIpc) is 2.52. The van der Waals surface area contributed by atoms with Gasteiger partial charge in [-0.15, -0.1) is 0 Å². The van der Waals surface area contributed by atoms with E-state index >= 15 is 0 Å². The van der Waals surface area contributed by atoms with Gasteiger partial charge in [-0.25, -0.2) is 0 Å². The van der Waals surface area contributed by atoms with Gasteiger partial charge in [0.15, 0.2) is 0 Å². The molecule has 0 unspecified atom stereocenters. The van der Waals surface area contributed by atoms with E-state index in [9.17, 15) is 0 Å². The highest BCUT2D eigenvalue weighted by Crippen LogP contribution is 2.05. The molecule has 2 nitrogen and oxygen atoms in total. The fraction of sp³-hybridized carbons (Fsp3) is 0.167. The summed E-state index contributed by atoms with van der Waals surface area (Å²) in [7, 11) is 0. The number of nitrogens with zero attached hydrogens (tertiary/aromatic N) is 1. The third-order valence-corrected chi connectivity index (χ3v) is 3.15. The van der Waals surface area contributed by atoms with Gasteiger partial charge in [-0.3, -0.25) is 4.99 Å². The second-order valence-corrected chi connectivity index (χ2v) is 4.72. The van der Waals surface area contributed by atoms with Crippen molar-refractivity contribution >= 4 is 6.21 Å². The van der Waals surface area contributed by atoms with E-state index in [1.807, 2.05) is 49.5 Å². The van der Waals surface area contributed by atoms with E-state index in [-0.39, 0.29) is 0 Å². The molecule has 2 aromatic carbocycles. The Balaban J connectivity index is 1.95. The molecule has 0 spiro atoms. The minimum absolute atomic E-state index is 0.824. The van der Waals surface area contributed by atoms with Crippen LogP contribution in [0.2, 0.25) is 0 Å². The summed E-state index contributed by atoms with van der Waals surface area (Å²) < 4.78 is 0. The summed E-state index contributed by atoms with van der Waals surface area (Å²) in [5.41, 5.74) is 4.49. The van der Waals surface area contributed by atoms with Gasteiger partial charge in [0.25, 0.3) is 0 Å². The van der Waals surface area contributed by atoms with Crippen LogP contribution in [0.4, 0.5) is 0 Å². The predicted octanol–water partition coefficient (Wildman–Crippen LogP) is 4.15. The Kier molecular flexibility index (Phi) is 5.13. The van der Waals surface area contributed by atoms with Crippen molar-refractivity contribution in [1.29, 1.82) is 0 Å². The largest absolute Gasteiger partial charge is 0.383 e. The number of allylic oxidation sites excluding steroid dienone is 2. The van der Waals surface area contributed by atoms with Crippen LogP contribution in [0.3, 0.4) is 0 Å². The lowest BCUT2D eigenvalue weighted by molar-refractivity contribution is 0.796. The number of nitrogens with one attached hydrogen (secondary N) is 1. The summed E-state index contributed by atoms with van der Waals surface area (Å²) in [6.07, 6.45) is 1.89. The SMILES string of the molecule is CC(N=Cc1ccccc1)=C(C)NCc1ccccc1. The zero-order valence-electron chi connectivity index (χ0n) is 12.0. The molecule has 0 saturated carbocycles. The van der Waals surface area contributed by atoms with Crippen LogP contribution in [0.25, 0.3) is 0 Å². The molecule has 0 amide bonds. The smallest absolute Gasteiger partial charge is 0.0558 e. The maximum Gasteiger partial charge on any atom is 0.0558 e. The molecule has 0 bridgehead atoms. The maximum atomic E-state index is 4.50. The fourth-order valence-electron chi connectivity index (χ4n) is 1.77. The molecule has 0 heterocycles. The lowest BCUT2D eigenvalue weighted by Gasteiger charge is -2.08. The minimum Gasteiger partial charge on any atom is -0.383 e. The van der Waals surface area contributed by atoms with E-state index < -0.39 is 0 Å². The summed E-state index contributed by atoms with van der Waals surface area (Å²) in [6.45, 7) is 4.90. The Morgan fingerprint density at radius 1 is 0.950 bits per heavy atom. The van der Waals surface area contributed by atoms with Crippen molar-refractivity contribution in [2.24, 2.45) is 4.99 Å². The number of hydrogen-bond donors (Lipinski definition) is 1. The summed E-state index contributed by atoms with van der Waals surface area (Å²) in [5.74, 6) is 0. The van der Waals surface area contributed by atoms with E-state index in [0.717, 1.165) is 23.5 Å². The summed E-state index contributed by atoms with van der Waals surface area (Å²) in [6, 6.07) is 20.5. The van der Waals surface area contributed by atoms with Crippen LogP contribution < -0.4 is 5.32 Å². The standard InChI is InChI=1S/C18H20N2/c1-15(19-13-17-9-5-3-6-10-17)16(2)20-14-18-11-7-4-8-12-18/h3-13,20H,14H2,1-2H3. The molecular weight excluding hydrogens is 244 g/mol. The summed E-state index contributed by atoms with van der Waals surface area (Å²) in [4.78, 5) is 4.50. The quantitative estimate of drug-likeness (QED) is 0.806. The minimum atomic E-state index is 0.824. The monoisotopic (exact) mass is 264 g/mol. The predicted molar refractivity (Wildman–Crippen MR) is 85.7 cm³/mol. The van der Waals surface area contributed by atoms with Gasteiger partial charge in [-0.05, 0) is 25.0 Å². The Morgan fingerprint density at radius 3 is 2.20 bits per heavy atom. The molecule has 0 aliphatic heterocycles. The van der Waals surface area contributed by atoms with Gasteiger partial charge in [-0.1, -0.05) is 60.7 Å². The molecule has 0 fully saturated rings. The van der Waals surface area contributed by atoms with Gasteiger partial charge < -0.3 is 5.32 Å². The number of benzene rings is 2. The van der Waals surface area contributed by atoms with Crippen molar-refractivity contribution in [3.05, 3.63) is 83.2 Å². The zero-order chi connectivity index (χ0) is 14.2. The number of hydrogen-bond acceptors (Lipinski definition) is 2. The van der Waals surface area contributed by atoms with Crippen LogP contribution in [0.1, 0.15) is 25.0 Å². The Bertz CT molecular complexity index is 583. The third-order valence-electron chi connectivity index (χ3n) is 3.15. The molecule has 1 N–H and O–H groups in total. The molecule has 20 heavy (non-hydrogen) atoms. The molecule has 2 heteroatoms.